The molecule has 1 aromatic heterocycles. The van der Waals surface area contributed by atoms with Crippen molar-refractivity contribution in [2.45, 2.75) is 33.6 Å². The summed E-state index contributed by atoms with van der Waals surface area (Å²) in [6.07, 6.45) is 1.05. The first-order chi connectivity index (χ1) is 13.9. The van der Waals surface area contributed by atoms with Gasteiger partial charge in [0.25, 0.3) is 0 Å². The lowest BCUT2D eigenvalue weighted by Crippen LogP contribution is -2.52. The number of rotatable bonds is 5. The Hall–Kier alpha value is -2.41. The number of nitrogens with zero attached hydrogens (tertiary/aromatic N) is 4. The molecule has 156 valence electrons. The van der Waals surface area contributed by atoms with Gasteiger partial charge < -0.3 is 15.1 Å². The van der Waals surface area contributed by atoms with Crippen LogP contribution in [0, 0.1) is 12.7 Å². The fourth-order valence-electron chi connectivity index (χ4n) is 3.64. The molecule has 1 saturated heterocycles. The van der Waals surface area contributed by atoms with Gasteiger partial charge in [-0.2, -0.15) is 0 Å². The Morgan fingerprint density at radius 1 is 1.17 bits per heavy atom. The highest BCUT2D eigenvalue weighted by Gasteiger charge is 2.25. The largest absolute Gasteiger partial charge is 0.353 e. The number of benzene rings is 1. The van der Waals surface area contributed by atoms with Gasteiger partial charge in [-0.3, -0.25) is 0 Å². The van der Waals surface area contributed by atoms with E-state index >= 15 is 0 Å². The Balaban J connectivity index is 1.91. The number of aromatic nitrogens is 2. The summed E-state index contributed by atoms with van der Waals surface area (Å²) in [4.78, 5) is 25.4. The number of nitrogens with one attached hydrogen (secondary N) is 1. The molecule has 0 bridgehead atoms. The van der Waals surface area contributed by atoms with E-state index in [0.29, 0.717) is 55.6 Å². The molecule has 2 aromatic rings. The number of aryl methyl sites for hydroxylation is 2. The van der Waals surface area contributed by atoms with E-state index in [0.717, 1.165) is 23.5 Å². The molecule has 1 N–H and O–H groups in total. The molecule has 2 amide bonds. The van der Waals surface area contributed by atoms with Crippen LogP contribution in [0.1, 0.15) is 36.5 Å². The average Bonchev–Trinajstić information content (AvgIpc) is 2.71. The number of anilines is 1. The molecule has 3 rings (SSSR count). The van der Waals surface area contributed by atoms with Gasteiger partial charge >= 0.3 is 6.03 Å². The third-order valence-corrected chi connectivity index (χ3v) is 5.48. The van der Waals surface area contributed by atoms with Gasteiger partial charge in [0, 0.05) is 61.0 Å². The molecule has 1 aliphatic rings. The number of carbonyl (C=O) groups excluding carboxylic acids is 1. The van der Waals surface area contributed by atoms with E-state index in [4.69, 9.17) is 16.6 Å². The predicted molar refractivity (Wildman–Crippen MR) is 113 cm³/mol. The van der Waals surface area contributed by atoms with Crippen LogP contribution in [-0.4, -0.2) is 53.6 Å². The van der Waals surface area contributed by atoms with Crippen LogP contribution in [0.2, 0.25) is 5.02 Å². The molecule has 0 unspecified atom stereocenters. The second-order valence-electron chi connectivity index (χ2n) is 7.06. The number of halogens is 2. The van der Waals surface area contributed by atoms with Crippen LogP contribution < -0.4 is 10.2 Å². The van der Waals surface area contributed by atoms with Crippen molar-refractivity contribution in [3.05, 3.63) is 51.7 Å². The van der Waals surface area contributed by atoms with Crippen molar-refractivity contribution in [2.24, 2.45) is 0 Å². The van der Waals surface area contributed by atoms with Crippen molar-refractivity contribution in [3.8, 4) is 0 Å². The Bertz CT molecular complexity index is 863. The predicted octanol–water partition coefficient (Wildman–Crippen LogP) is 3.58. The summed E-state index contributed by atoms with van der Waals surface area (Å²) in [6, 6.07) is 4.69. The SMILES string of the molecule is CCNC(=O)N1CCN(c2nc(C)nc(CC)c2Cc2c(F)cccc2Cl)CC1. The lowest BCUT2D eigenvalue weighted by molar-refractivity contribution is 0.195. The highest BCUT2D eigenvalue weighted by molar-refractivity contribution is 6.31. The fraction of sp³-hybridized carbons (Fsp3) is 0.476. The second-order valence-corrected chi connectivity index (χ2v) is 7.47. The van der Waals surface area contributed by atoms with Crippen LogP contribution in [0.4, 0.5) is 15.0 Å². The van der Waals surface area contributed by atoms with Gasteiger partial charge in [-0.05, 0) is 32.4 Å². The maximum atomic E-state index is 14.4. The zero-order valence-corrected chi connectivity index (χ0v) is 17.9. The lowest BCUT2D eigenvalue weighted by atomic mass is 10.0. The summed E-state index contributed by atoms with van der Waals surface area (Å²) in [7, 11) is 0. The highest BCUT2D eigenvalue weighted by atomic mass is 35.5. The summed E-state index contributed by atoms with van der Waals surface area (Å²) < 4.78 is 14.4. The number of urea groups is 1. The maximum Gasteiger partial charge on any atom is 0.317 e. The molecule has 8 heteroatoms. The first kappa shape index (κ1) is 21.3. The van der Waals surface area contributed by atoms with Gasteiger partial charge in [-0.25, -0.2) is 19.2 Å². The Kier molecular flexibility index (Phi) is 6.90. The van der Waals surface area contributed by atoms with Crippen molar-refractivity contribution in [1.29, 1.82) is 0 Å². The van der Waals surface area contributed by atoms with Crippen molar-refractivity contribution >= 4 is 23.4 Å². The molecule has 0 spiro atoms. The van der Waals surface area contributed by atoms with Crippen LogP contribution in [-0.2, 0) is 12.8 Å². The monoisotopic (exact) mass is 419 g/mol. The third kappa shape index (κ3) is 4.78. The molecule has 0 radical (unpaired) electrons. The molecule has 1 aliphatic heterocycles. The summed E-state index contributed by atoms with van der Waals surface area (Å²) in [6.45, 7) is 8.95. The van der Waals surface area contributed by atoms with Crippen LogP contribution >= 0.6 is 11.6 Å². The Morgan fingerprint density at radius 3 is 2.52 bits per heavy atom. The first-order valence-electron chi connectivity index (χ1n) is 10.0. The van der Waals surface area contributed by atoms with E-state index in [1.54, 1.807) is 12.1 Å². The second kappa shape index (κ2) is 9.39. The quantitative estimate of drug-likeness (QED) is 0.804. The smallest absolute Gasteiger partial charge is 0.317 e. The van der Waals surface area contributed by atoms with Gasteiger partial charge in [-0.1, -0.05) is 24.6 Å². The lowest BCUT2D eigenvalue weighted by Gasteiger charge is -2.36. The zero-order valence-electron chi connectivity index (χ0n) is 17.1. The first-order valence-corrected chi connectivity index (χ1v) is 10.4. The zero-order chi connectivity index (χ0) is 21.0. The number of hydrogen-bond donors (Lipinski definition) is 1. The van der Waals surface area contributed by atoms with Crippen molar-refractivity contribution in [3.63, 3.8) is 0 Å². The average molecular weight is 420 g/mol. The Labute approximate surface area is 176 Å². The van der Waals surface area contributed by atoms with Gasteiger partial charge in [0.15, 0.2) is 0 Å². The molecule has 0 saturated carbocycles. The molecule has 0 atom stereocenters. The number of hydrogen-bond acceptors (Lipinski definition) is 4. The van der Waals surface area contributed by atoms with Crippen LogP contribution in [0.5, 0.6) is 0 Å². The van der Waals surface area contributed by atoms with Gasteiger partial charge in [0.05, 0.1) is 0 Å². The molecular weight excluding hydrogens is 393 g/mol. The minimum absolute atomic E-state index is 0.0429. The van der Waals surface area contributed by atoms with E-state index in [9.17, 15) is 9.18 Å². The van der Waals surface area contributed by atoms with E-state index in [2.05, 4.69) is 15.2 Å². The normalized spacial score (nSPS) is 14.2. The molecule has 6 nitrogen and oxygen atoms in total. The fourth-order valence-corrected chi connectivity index (χ4v) is 3.86. The van der Waals surface area contributed by atoms with Gasteiger partial charge in [0.2, 0.25) is 0 Å². The van der Waals surface area contributed by atoms with Crippen LogP contribution in [0.15, 0.2) is 18.2 Å². The number of amides is 2. The summed E-state index contributed by atoms with van der Waals surface area (Å²) in [5.74, 6) is 1.17. The maximum absolute atomic E-state index is 14.4. The van der Waals surface area contributed by atoms with Crippen LogP contribution in [0.3, 0.4) is 0 Å². The van der Waals surface area contributed by atoms with E-state index < -0.39 is 0 Å². The third-order valence-electron chi connectivity index (χ3n) is 5.13. The molecule has 0 aliphatic carbocycles. The van der Waals surface area contributed by atoms with Gasteiger partial charge in [0.1, 0.15) is 17.5 Å². The molecule has 2 heterocycles. The minimum atomic E-state index is -0.327. The molecule has 1 fully saturated rings. The van der Waals surface area contributed by atoms with Crippen molar-refractivity contribution in [1.82, 2.24) is 20.2 Å². The summed E-state index contributed by atoms with van der Waals surface area (Å²) in [5.41, 5.74) is 2.26. The number of piperazine rings is 1. The Morgan fingerprint density at radius 2 is 1.90 bits per heavy atom. The minimum Gasteiger partial charge on any atom is -0.353 e. The summed E-state index contributed by atoms with van der Waals surface area (Å²) in [5, 5.41) is 3.24. The standard InChI is InChI=1S/C21H27ClFN5O/c1-4-19-16(13-15-17(22)7-6-8-18(15)23)20(26-14(3)25-19)27-9-11-28(12-10-27)21(29)24-5-2/h6-8H,4-5,9-13H2,1-3H3,(H,24,29). The number of carbonyl (C=O) groups is 1. The summed E-state index contributed by atoms with van der Waals surface area (Å²) >= 11 is 6.28. The van der Waals surface area contributed by atoms with Crippen molar-refractivity contribution < 1.29 is 9.18 Å². The van der Waals surface area contributed by atoms with E-state index in [1.807, 2.05) is 25.7 Å². The molecular formula is C21H27ClFN5O. The topological polar surface area (TPSA) is 61.4 Å². The molecule has 1 aromatic carbocycles. The van der Waals surface area contributed by atoms with Crippen LogP contribution in [0.25, 0.3) is 0 Å². The van der Waals surface area contributed by atoms with E-state index in [-0.39, 0.29) is 11.8 Å². The van der Waals surface area contributed by atoms with E-state index in [1.165, 1.54) is 6.07 Å². The highest BCUT2D eigenvalue weighted by Crippen LogP contribution is 2.29. The van der Waals surface area contributed by atoms with Gasteiger partial charge in [-0.15, -0.1) is 0 Å². The molecule has 29 heavy (non-hydrogen) atoms. The van der Waals surface area contributed by atoms with Crippen molar-refractivity contribution in [2.75, 3.05) is 37.6 Å².